The van der Waals surface area contributed by atoms with Gasteiger partial charge in [0.1, 0.15) is 0 Å². The Labute approximate surface area is 87.2 Å². The van der Waals surface area contributed by atoms with Gasteiger partial charge in [-0.15, -0.1) is 12.3 Å². The SMILES string of the molecule is C#CCCCCNC(C)C(OC)OC. The van der Waals surface area contributed by atoms with Gasteiger partial charge in [0.25, 0.3) is 0 Å². The number of methoxy groups -OCH3 is 2. The number of nitrogens with one attached hydrogen (secondary N) is 1. The van der Waals surface area contributed by atoms with Crippen LogP contribution in [0.25, 0.3) is 0 Å². The van der Waals surface area contributed by atoms with Crippen LogP contribution in [0, 0.1) is 12.3 Å². The minimum Gasteiger partial charge on any atom is -0.354 e. The number of rotatable bonds is 8. The topological polar surface area (TPSA) is 30.5 Å². The summed E-state index contributed by atoms with van der Waals surface area (Å²) in [7, 11) is 3.29. The molecule has 0 bridgehead atoms. The Morgan fingerprint density at radius 2 is 1.93 bits per heavy atom. The van der Waals surface area contributed by atoms with E-state index in [1.54, 1.807) is 14.2 Å². The van der Waals surface area contributed by atoms with E-state index < -0.39 is 0 Å². The van der Waals surface area contributed by atoms with E-state index in [4.69, 9.17) is 15.9 Å². The van der Waals surface area contributed by atoms with Crippen molar-refractivity contribution in [3.8, 4) is 12.3 Å². The summed E-state index contributed by atoms with van der Waals surface area (Å²) in [5.74, 6) is 2.62. The fraction of sp³-hybridized carbons (Fsp3) is 0.818. The molecule has 0 aromatic carbocycles. The zero-order valence-corrected chi connectivity index (χ0v) is 9.38. The fourth-order valence-corrected chi connectivity index (χ4v) is 1.28. The summed E-state index contributed by atoms with van der Waals surface area (Å²) in [6.45, 7) is 2.99. The first-order valence-corrected chi connectivity index (χ1v) is 4.98. The maximum absolute atomic E-state index is 5.15. The minimum atomic E-state index is -0.178. The number of hydrogen-bond acceptors (Lipinski definition) is 3. The van der Waals surface area contributed by atoms with Crippen molar-refractivity contribution in [3.63, 3.8) is 0 Å². The molecule has 0 rings (SSSR count). The first-order chi connectivity index (χ1) is 6.76. The Bertz CT molecular complexity index is 161. The van der Waals surface area contributed by atoms with Crippen molar-refractivity contribution in [2.75, 3.05) is 20.8 Å². The third kappa shape index (κ3) is 5.98. The van der Waals surface area contributed by atoms with Crippen LogP contribution in [-0.4, -0.2) is 33.1 Å². The van der Waals surface area contributed by atoms with Crippen LogP contribution in [0.1, 0.15) is 26.2 Å². The van der Waals surface area contributed by atoms with E-state index in [9.17, 15) is 0 Å². The van der Waals surface area contributed by atoms with Gasteiger partial charge in [-0.3, -0.25) is 0 Å². The lowest BCUT2D eigenvalue weighted by atomic mass is 10.2. The molecule has 1 atom stereocenters. The smallest absolute Gasteiger partial charge is 0.171 e. The molecule has 0 aliphatic heterocycles. The number of unbranched alkanes of at least 4 members (excludes halogenated alkanes) is 2. The molecule has 0 aliphatic rings. The van der Waals surface area contributed by atoms with E-state index in [0.29, 0.717) is 0 Å². The molecule has 3 heteroatoms. The van der Waals surface area contributed by atoms with Gasteiger partial charge >= 0.3 is 0 Å². The highest BCUT2D eigenvalue weighted by atomic mass is 16.7. The van der Waals surface area contributed by atoms with Gasteiger partial charge in [-0.2, -0.15) is 0 Å². The van der Waals surface area contributed by atoms with Gasteiger partial charge in [0.15, 0.2) is 6.29 Å². The van der Waals surface area contributed by atoms with Crippen LogP contribution in [0.5, 0.6) is 0 Å². The van der Waals surface area contributed by atoms with E-state index in [1.807, 2.05) is 6.92 Å². The van der Waals surface area contributed by atoms with Crippen molar-refractivity contribution >= 4 is 0 Å². The molecule has 0 saturated heterocycles. The Morgan fingerprint density at radius 3 is 2.43 bits per heavy atom. The van der Waals surface area contributed by atoms with Crippen LogP contribution in [0.15, 0.2) is 0 Å². The second-order valence-corrected chi connectivity index (χ2v) is 3.24. The lowest BCUT2D eigenvalue weighted by Gasteiger charge is -2.22. The molecular weight excluding hydrogens is 178 g/mol. The predicted octanol–water partition coefficient (Wildman–Crippen LogP) is 1.39. The summed E-state index contributed by atoms with van der Waals surface area (Å²) in [5, 5.41) is 3.32. The van der Waals surface area contributed by atoms with Crippen molar-refractivity contribution < 1.29 is 9.47 Å². The van der Waals surface area contributed by atoms with Crippen molar-refractivity contribution in [2.24, 2.45) is 0 Å². The molecule has 0 aromatic rings. The summed E-state index contributed by atoms with van der Waals surface area (Å²) in [5.41, 5.74) is 0. The first kappa shape index (κ1) is 13.4. The molecule has 1 unspecified atom stereocenters. The monoisotopic (exact) mass is 199 g/mol. The molecule has 1 N–H and O–H groups in total. The molecule has 3 nitrogen and oxygen atoms in total. The van der Waals surface area contributed by atoms with Crippen LogP contribution in [0.2, 0.25) is 0 Å². The third-order valence-electron chi connectivity index (χ3n) is 2.09. The van der Waals surface area contributed by atoms with Crippen molar-refractivity contribution in [1.82, 2.24) is 5.32 Å². The number of terminal acetylenes is 1. The summed E-state index contributed by atoms with van der Waals surface area (Å²) in [6.07, 6.45) is 7.99. The molecule has 0 aliphatic carbocycles. The highest BCUT2D eigenvalue weighted by Crippen LogP contribution is 1.99. The zero-order valence-electron chi connectivity index (χ0n) is 9.38. The maximum Gasteiger partial charge on any atom is 0.171 e. The number of ether oxygens (including phenoxy) is 2. The molecule has 82 valence electrons. The molecular formula is C11H21NO2. The second-order valence-electron chi connectivity index (χ2n) is 3.24. The molecule has 0 spiro atoms. The van der Waals surface area contributed by atoms with Crippen LogP contribution in [0.3, 0.4) is 0 Å². The van der Waals surface area contributed by atoms with E-state index in [1.165, 1.54) is 0 Å². The van der Waals surface area contributed by atoms with Crippen molar-refractivity contribution in [1.29, 1.82) is 0 Å². The Kier molecular flexibility index (Phi) is 8.65. The van der Waals surface area contributed by atoms with Crippen LogP contribution < -0.4 is 5.32 Å². The maximum atomic E-state index is 5.15. The summed E-state index contributed by atoms with van der Waals surface area (Å²) < 4.78 is 10.2. The van der Waals surface area contributed by atoms with Gasteiger partial charge in [0.05, 0.1) is 6.04 Å². The van der Waals surface area contributed by atoms with Gasteiger partial charge in [-0.1, -0.05) is 0 Å². The van der Waals surface area contributed by atoms with E-state index in [0.717, 1.165) is 25.8 Å². The molecule has 0 radical (unpaired) electrons. The fourth-order valence-electron chi connectivity index (χ4n) is 1.28. The third-order valence-corrected chi connectivity index (χ3v) is 2.09. The quantitative estimate of drug-likeness (QED) is 0.364. The molecule has 14 heavy (non-hydrogen) atoms. The Balaban J connectivity index is 3.43. The van der Waals surface area contributed by atoms with Gasteiger partial charge < -0.3 is 14.8 Å². The van der Waals surface area contributed by atoms with E-state index in [2.05, 4.69) is 11.2 Å². The normalized spacial score (nSPS) is 12.8. The largest absolute Gasteiger partial charge is 0.354 e. The lowest BCUT2D eigenvalue weighted by Crippen LogP contribution is -2.40. The van der Waals surface area contributed by atoms with Crippen molar-refractivity contribution in [2.45, 2.75) is 38.5 Å². The van der Waals surface area contributed by atoms with Gasteiger partial charge in [0, 0.05) is 20.6 Å². The van der Waals surface area contributed by atoms with Gasteiger partial charge in [-0.05, 0) is 26.3 Å². The van der Waals surface area contributed by atoms with Crippen LogP contribution >= 0.6 is 0 Å². The Morgan fingerprint density at radius 1 is 1.29 bits per heavy atom. The zero-order chi connectivity index (χ0) is 10.8. The van der Waals surface area contributed by atoms with Crippen LogP contribution in [0.4, 0.5) is 0 Å². The van der Waals surface area contributed by atoms with Crippen molar-refractivity contribution in [3.05, 3.63) is 0 Å². The summed E-state index contributed by atoms with van der Waals surface area (Å²) in [4.78, 5) is 0. The standard InChI is InChI=1S/C11H21NO2/c1-5-6-7-8-9-12-10(2)11(13-3)14-4/h1,10-12H,6-9H2,2-4H3. The first-order valence-electron chi connectivity index (χ1n) is 4.98. The number of hydrogen-bond donors (Lipinski definition) is 1. The van der Waals surface area contributed by atoms with Gasteiger partial charge in [0.2, 0.25) is 0 Å². The van der Waals surface area contributed by atoms with E-state index >= 15 is 0 Å². The molecule has 0 fully saturated rings. The molecule has 0 saturated carbocycles. The van der Waals surface area contributed by atoms with Gasteiger partial charge in [-0.25, -0.2) is 0 Å². The molecule has 0 aromatic heterocycles. The van der Waals surface area contributed by atoms with E-state index in [-0.39, 0.29) is 12.3 Å². The average Bonchev–Trinajstić information content (AvgIpc) is 2.19. The summed E-state index contributed by atoms with van der Waals surface area (Å²) >= 11 is 0. The summed E-state index contributed by atoms with van der Waals surface area (Å²) in [6, 6.07) is 0.204. The minimum absolute atomic E-state index is 0.178. The highest BCUT2D eigenvalue weighted by molar-refractivity contribution is 4.82. The average molecular weight is 199 g/mol. The molecule has 0 heterocycles. The Hall–Kier alpha value is -0.560. The second kappa shape index (κ2) is 9.01. The molecule has 0 amide bonds. The van der Waals surface area contributed by atoms with Crippen LogP contribution in [-0.2, 0) is 9.47 Å². The lowest BCUT2D eigenvalue weighted by molar-refractivity contribution is -0.119. The highest BCUT2D eigenvalue weighted by Gasteiger charge is 2.13. The predicted molar refractivity (Wildman–Crippen MR) is 58.0 cm³/mol.